The largest absolute Gasteiger partial charge is 0.462 e. The summed E-state index contributed by atoms with van der Waals surface area (Å²) >= 11 is 0. The van der Waals surface area contributed by atoms with Crippen LogP contribution in [0, 0.1) is 11.8 Å². The number of hydrogen-bond donors (Lipinski definition) is 0. The van der Waals surface area contributed by atoms with Gasteiger partial charge in [-0.1, -0.05) is 202 Å². The lowest BCUT2D eigenvalue weighted by atomic mass is 9.99. The molecular weight excluding hydrogens is 636 g/mol. The lowest BCUT2D eigenvalue weighted by Gasteiger charge is -2.18. The molecular formula is C45H86O6. The molecule has 0 heterocycles. The van der Waals surface area contributed by atoms with Gasteiger partial charge in [0.05, 0.1) is 0 Å². The summed E-state index contributed by atoms with van der Waals surface area (Å²) < 4.78 is 16.6. The molecule has 0 amide bonds. The van der Waals surface area contributed by atoms with Gasteiger partial charge in [0, 0.05) is 19.3 Å². The van der Waals surface area contributed by atoms with Crippen LogP contribution in [0.3, 0.4) is 0 Å². The smallest absolute Gasteiger partial charge is 0.306 e. The fourth-order valence-electron chi connectivity index (χ4n) is 6.51. The first-order valence-corrected chi connectivity index (χ1v) is 22.3. The Bertz CT molecular complexity index is 783. The van der Waals surface area contributed by atoms with Gasteiger partial charge in [0.2, 0.25) is 0 Å². The van der Waals surface area contributed by atoms with Crippen LogP contribution in [0.1, 0.15) is 240 Å². The molecule has 0 aliphatic carbocycles. The van der Waals surface area contributed by atoms with E-state index in [-0.39, 0.29) is 31.1 Å². The molecule has 0 aromatic rings. The second-order valence-electron chi connectivity index (χ2n) is 15.8. The van der Waals surface area contributed by atoms with Gasteiger partial charge in [-0.05, 0) is 31.1 Å². The average molecular weight is 723 g/mol. The molecule has 6 heteroatoms. The predicted molar refractivity (Wildman–Crippen MR) is 215 cm³/mol. The quantitative estimate of drug-likeness (QED) is 0.0357. The number of esters is 3. The number of ether oxygens (including phenoxy) is 3. The number of unbranched alkanes of at least 4 members (excludes halogenated alkanes) is 22. The van der Waals surface area contributed by atoms with E-state index in [1.165, 1.54) is 128 Å². The molecule has 6 nitrogen and oxygen atoms in total. The third kappa shape index (κ3) is 36.6. The molecule has 0 rings (SSSR count). The maximum atomic E-state index is 12.6. The lowest BCUT2D eigenvalue weighted by molar-refractivity contribution is -0.167. The van der Waals surface area contributed by atoms with Crippen LogP contribution < -0.4 is 0 Å². The second kappa shape index (κ2) is 38.1. The molecule has 0 spiro atoms. The van der Waals surface area contributed by atoms with Gasteiger partial charge in [-0.25, -0.2) is 0 Å². The molecule has 0 radical (unpaired) electrons. The van der Waals surface area contributed by atoms with Gasteiger partial charge in [0.15, 0.2) is 6.10 Å². The number of carbonyl (C=O) groups is 3. The molecule has 0 saturated heterocycles. The van der Waals surface area contributed by atoms with Crippen molar-refractivity contribution >= 4 is 17.9 Å². The highest BCUT2D eigenvalue weighted by molar-refractivity contribution is 5.71. The van der Waals surface area contributed by atoms with E-state index < -0.39 is 6.10 Å². The Balaban J connectivity index is 4.27. The second-order valence-corrected chi connectivity index (χ2v) is 15.8. The summed E-state index contributed by atoms with van der Waals surface area (Å²) in [6, 6.07) is 0. The molecule has 3 atom stereocenters. The van der Waals surface area contributed by atoms with E-state index in [1.54, 1.807) is 0 Å². The predicted octanol–water partition coefficient (Wildman–Crippen LogP) is 13.8. The highest BCUT2D eigenvalue weighted by atomic mass is 16.6. The molecule has 302 valence electrons. The van der Waals surface area contributed by atoms with Crippen molar-refractivity contribution in [3.8, 4) is 0 Å². The topological polar surface area (TPSA) is 78.9 Å². The molecule has 0 aliphatic rings. The summed E-state index contributed by atoms with van der Waals surface area (Å²) in [4.78, 5) is 37.5. The van der Waals surface area contributed by atoms with E-state index in [0.29, 0.717) is 19.3 Å². The fraction of sp³-hybridized carbons (Fsp3) is 0.933. The van der Waals surface area contributed by atoms with Crippen LogP contribution in [0.15, 0.2) is 0 Å². The van der Waals surface area contributed by atoms with Gasteiger partial charge in [-0.15, -0.1) is 0 Å². The van der Waals surface area contributed by atoms with Crippen LogP contribution >= 0.6 is 0 Å². The maximum Gasteiger partial charge on any atom is 0.306 e. The van der Waals surface area contributed by atoms with Crippen molar-refractivity contribution in [2.75, 3.05) is 13.2 Å². The molecule has 0 saturated carbocycles. The van der Waals surface area contributed by atoms with Crippen LogP contribution in [0.2, 0.25) is 0 Å². The number of hydrogen-bond acceptors (Lipinski definition) is 6. The minimum absolute atomic E-state index is 0.0659. The third-order valence-electron chi connectivity index (χ3n) is 10.7. The van der Waals surface area contributed by atoms with Crippen molar-refractivity contribution in [3.63, 3.8) is 0 Å². The Labute approximate surface area is 317 Å². The molecule has 51 heavy (non-hydrogen) atoms. The van der Waals surface area contributed by atoms with Crippen molar-refractivity contribution in [2.45, 2.75) is 246 Å². The minimum atomic E-state index is -0.759. The summed E-state index contributed by atoms with van der Waals surface area (Å²) in [5.74, 6) is 0.851. The molecule has 0 aliphatic heterocycles. The zero-order valence-corrected chi connectivity index (χ0v) is 34.7. The average Bonchev–Trinajstić information content (AvgIpc) is 3.13. The Morgan fingerprint density at radius 3 is 1.02 bits per heavy atom. The Kier molecular flexibility index (Phi) is 37.0. The van der Waals surface area contributed by atoms with Crippen molar-refractivity contribution in [1.82, 2.24) is 0 Å². The first-order valence-electron chi connectivity index (χ1n) is 22.3. The normalized spacial score (nSPS) is 13.1. The first-order chi connectivity index (χ1) is 24.8. The van der Waals surface area contributed by atoms with E-state index >= 15 is 0 Å². The summed E-state index contributed by atoms with van der Waals surface area (Å²) in [6.45, 7) is 11.3. The molecule has 0 bridgehead atoms. The van der Waals surface area contributed by atoms with Crippen LogP contribution in [0.4, 0.5) is 0 Å². The molecule has 0 aromatic heterocycles. The lowest BCUT2D eigenvalue weighted by Crippen LogP contribution is -2.30. The first kappa shape index (κ1) is 49.4. The summed E-state index contributed by atoms with van der Waals surface area (Å²) in [6.07, 6.45) is 35.1. The van der Waals surface area contributed by atoms with Gasteiger partial charge >= 0.3 is 17.9 Å². The monoisotopic (exact) mass is 723 g/mol. The van der Waals surface area contributed by atoms with E-state index in [2.05, 4.69) is 34.6 Å². The van der Waals surface area contributed by atoms with Crippen molar-refractivity contribution < 1.29 is 28.6 Å². The van der Waals surface area contributed by atoms with E-state index in [4.69, 9.17) is 14.2 Å². The zero-order chi connectivity index (χ0) is 37.6. The molecule has 0 fully saturated rings. The van der Waals surface area contributed by atoms with Gasteiger partial charge < -0.3 is 14.2 Å². The number of carbonyl (C=O) groups excluding carboxylic acids is 3. The van der Waals surface area contributed by atoms with Crippen molar-refractivity contribution in [3.05, 3.63) is 0 Å². The van der Waals surface area contributed by atoms with Crippen molar-refractivity contribution in [2.24, 2.45) is 11.8 Å². The minimum Gasteiger partial charge on any atom is -0.462 e. The molecule has 0 N–H and O–H groups in total. The van der Waals surface area contributed by atoms with E-state index in [9.17, 15) is 14.4 Å². The van der Waals surface area contributed by atoms with Gasteiger partial charge in [0.25, 0.3) is 0 Å². The van der Waals surface area contributed by atoms with Gasteiger partial charge in [-0.2, -0.15) is 0 Å². The summed E-state index contributed by atoms with van der Waals surface area (Å²) in [5.41, 5.74) is 0. The maximum absolute atomic E-state index is 12.6. The molecule has 0 aromatic carbocycles. The van der Waals surface area contributed by atoms with Gasteiger partial charge in [-0.3, -0.25) is 14.4 Å². The van der Waals surface area contributed by atoms with Crippen molar-refractivity contribution in [1.29, 1.82) is 0 Å². The van der Waals surface area contributed by atoms with Crippen LogP contribution in [0.25, 0.3) is 0 Å². The Hall–Kier alpha value is -1.59. The SMILES string of the molecule is CCCCCCCCCC(=O)O[C@@H](COC(=O)CCCCCCCCCCCCC(C)CC)COC(=O)CCCCCCCCCCC(C)CC. The Morgan fingerprint density at radius 2 is 0.686 bits per heavy atom. The highest BCUT2D eigenvalue weighted by Gasteiger charge is 2.19. The standard InChI is InChI=1S/C45H86O6/c1-6-9-10-11-18-27-32-37-45(48)51-42(39-50-44(47)36-31-26-22-17-16-20-24-29-34-41(5)8-3)38-49-43(46)35-30-25-21-15-13-12-14-19-23-28-33-40(4)7-2/h40-42H,6-39H2,1-5H3/t40?,41?,42-/m0/s1. The summed E-state index contributed by atoms with van der Waals surface area (Å²) in [7, 11) is 0. The summed E-state index contributed by atoms with van der Waals surface area (Å²) in [5, 5.41) is 0. The van der Waals surface area contributed by atoms with E-state index in [0.717, 1.165) is 69.6 Å². The fourth-order valence-corrected chi connectivity index (χ4v) is 6.51. The van der Waals surface area contributed by atoms with Crippen LogP contribution in [-0.4, -0.2) is 37.2 Å². The Morgan fingerprint density at radius 1 is 0.392 bits per heavy atom. The molecule has 2 unspecified atom stereocenters. The third-order valence-corrected chi connectivity index (χ3v) is 10.7. The van der Waals surface area contributed by atoms with Gasteiger partial charge in [0.1, 0.15) is 13.2 Å². The van der Waals surface area contributed by atoms with E-state index in [1.807, 2.05) is 0 Å². The van der Waals surface area contributed by atoms with Crippen LogP contribution in [-0.2, 0) is 28.6 Å². The zero-order valence-electron chi connectivity index (χ0n) is 34.7. The highest BCUT2D eigenvalue weighted by Crippen LogP contribution is 2.17. The van der Waals surface area contributed by atoms with Crippen LogP contribution in [0.5, 0.6) is 0 Å². The number of rotatable bonds is 39.